The van der Waals surface area contributed by atoms with Crippen molar-refractivity contribution < 1.29 is 4.79 Å². The van der Waals surface area contributed by atoms with Crippen LogP contribution in [0.5, 0.6) is 0 Å². The maximum Gasteiger partial charge on any atom is 0.217 e. The fraction of sp³-hybridized carbons (Fsp3) is 0.562. The predicted octanol–water partition coefficient (Wildman–Crippen LogP) is 1.93. The minimum atomic E-state index is -0.180. The molecule has 1 amide bonds. The van der Waals surface area contributed by atoms with E-state index in [4.69, 9.17) is 0 Å². The Morgan fingerprint density at radius 2 is 1.77 bits per heavy atom. The number of benzene rings is 1. The number of halogens is 2. The van der Waals surface area contributed by atoms with Crippen molar-refractivity contribution in [2.24, 2.45) is 0 Å². The van der Waals surface area contributed by atoms with Crippen molar-refractivity contribution in [3.63, 3.8) is 0 Å². The number of hydrogen-bond acceptors (Lipinski definition) is 3. The molecule has 2 aliphatic heterocycles. The Hall–Kier alpha value is -0.810. The maximum atomic E-state index is 11.6. The van der Waals surface area contributed by atoms with Crippen molar-refractivity contribution in [1.29, 1.82) is 0 Å². The summed E-state index contributed by atoms with van der Waals surface area (Å²) in [4.78, 5) is 14.2. The Labute approximate surface area is 144 Å². The van der Waals surface area contributed by atoms with Gasteiger partial charge in [0.1, 0.15) is 0 Å². The van der Waals surface area contributed by atoms with Gasteiger partial charge in [-0.05, 0) is 18.4 Å². The first-order valence-corrected chi connectivity index (χ1v) is 7.49. The third-order valence-electron chi connectivity index (χ3n) is 4.67. The van der Waals surface area contributed by atoms with Gasteiger partial charge in [0.25, 0.3) is 0 Å². The zero-order chi connectivity index (χ0) is 14.0. The lowest BCUT2D eigenvalue weighted by Gasteiger charge is -2.47. The van der Waals surface area contributed by atoms with E-state index in [1.165, 1.54) is 5.56 Å². The summed E-state index contributed by atoms with van der Waals surface area (Å²) in [6.07, 6.45) is 1.99. The Bertz CT molecular complexity index is 472. The molecule has 1 aromatic carbocycles. The van der Waals surface area contributed by atoms with Crippen molar-refractivity contribution in [3.05, 3.63) is 35.9 Å². The maximum absolute atomic E-state index is 11.6. The molecular weight excluding hydrogens is 321 g/mol. The molecule has 124 valence electrons. The van der Waals surface area contributed by atoms with E-state index in [0.29, 0.717) is 6.04 Å². The van der Waals surface area contributed by atoms with Gasteiger partial charge >= 0.3 is 0 Å². The highest BCUT2D eigenvalue weighted by molar-refractivity contribution is 5.85. The summed E-state index contributed by atoms with van der Waals surface area (Å²) in [5.41, 5.74) is 1.06. The van der Waals surface area contributed by atoms with Crippen molar-refractivity contribution >= 4 is 30.7 Å². The van der Waals surface area contributed by atoms with Crippen LogP contribution in [0.4, 0.5) is 0 Å². The molecule has 0 bridgehead atoms. The van der Waals surface area contributed by atoms with Gasteiger partial charge in [0.05, 0.1) is 5.54 Å². The molecular formula is C16H25Cl2N3O. The number of rotatable bonds is 3. The summed E-state index contributed by atoms with van der Waals surface area (Å²) in [5, 5.41) is 6.56. The fourth-order valence-electron chi connectivity index (χ4n) is 3.38. The van der Waals surface area contributed by atoms with Crippen molar-refractivity contribution in [2.45, 2.75) is 31.3 Å². The molecule has 0 saturated carbocycles. The molecule has 2 fully saturated rings. The van der Waals surface area contributed by atoms with Gasteiger partial charge in [-0.2, -0.15) is 0 Å². The monoisotopic (exact) mass is 345 g/mol. The van der Waals surface area contributed by atoms with Gasteiger partial charge in [-0.1, -0.05) is 30.3 Å². The summed E-state index contributed by atoms with van der Waals surface area (Å²) in [5.74, 6) is 0.0626. The molecule has 1 aromatic rings. The third kappa shape index (κ3) is 3.93. The Morgan fingerprint density at radius 1 is 1.18 bits per heavy atom. The van der Waals surface area contributed by atoms with Crippen LogP contribution in [0.1, 0.15) is 25.3 Å². The second-order valence-corrected chi connectivity index (χ2v) is 5.98. The van der Waals surface area contributed by atoms with Gasteiger partial charge in [-0.15, -0.1) is 24.8 Å². The fourth-order valence-corrected chi connectivity index (χ4v) is 3.38. The predicted molar refractivity (Wildman–Crippen MR) is 93.9 cm³/mol. The average Bonchev–Trinajstić information content (AvgIpc) is 2.39. The molecule has 2 aliphatic rings. The molecule has 3 rings (SSSR count). The second kappa shape index (κ2) is 8.16. The van der Waals surface area contributed by atoms with Crippen LogP contribution >= 0.6 is 24.8 Å². The summed E-state index contributed by atoms with van der Waals surface area (Å²) in [7, 11) is 0. The zero-order valence-corrected chi connectivity index (χ0v) is 14.5. The van der Waals surface area contributed by atoms with E-state index in [-0.39, 0.29) is 36.3 Å². The number of carbonyl (C=O) groups is 1. The minimum Gasteiger partial charge on any atom is -0.347 e. The summed E-state index contributed by atoms with van der Waals surface area (Å²) in [6.45, 7) is 5.95. The van der Waals surface area contributed by atoms with Crippen LogP contribution in [0.2, 0.25) is 0 Å². The van der Waals surface area contributed by atoms with Crippen LogP contribution in [-0.4, -0.2) is 43.0 Å². The van der Waals surface area contributed by atoms with Crippen LogP contribution in [0.25, 0.3) is 0 Å². The molecule has 22 heavy (non-hydrogen) atoms. The summed E-state index contributed by atoms with van der Waals surface area (Å²) >= 11 is 0. The first kappa shape index (κ1) is 19.2. The molecule has 2 saturated heterocycles. The largest absolute Gasteiger partial charge is 0.347 e. The second-order valence-electron chi connectivity index (χ2n) is 5.98. The molecule has 0 unspecified atom stereocenters. The number of carbonyl (C=O) groups excluding carboxylic acids is 1. The van der Waals surface area contributed by atoms with Gasteiger partial charge in [0, 0.05) is 39.1 Å². The lowest BCUT2D eigenvalue weighted by molar-refractivity contribution is -0.121. The van der Waals surface area contributed by atoms with Crippen LogP contribution in [0.3, 0.4) is 0 Å². The van der Waals surface area contributed by atoms with Crippen LogP contribution < -0.4 is 10.6 Å². The van der Waals surface area contributed by atoms with Gasteiger partial charge in [-0.25, -0.2) is 0 Å². The van der Waals surface area contributed by atoms with Crippen molar-refractivity contribution in [2.75, 3.05) is 26.2 Å². The average molecular weight is 346 g/mol. The minimum absolute atomic E-state index is 0. The summed E-state index contributed by atoms with van der Waals surface area (Å²) in [6, 6.07) is 11.1. The number of likely N-dealkylation sites (tertiary alicyclic amines) is 1. The van der Waals surface area contributed by atoms with E-state index >= 15 is 0 Å². The summed E-state index contributed by atoms with van der Waals surface area (Å²) < 4.78 is 0. The van der Waals surface area contributed by atoms with Gasteiger partial charge in [0.2, 0.25) is 5.91 Å². The SMILES string of the molecule is CC(=O)NC1(c2ccccc2)CCN(C2CNC2)CC1.Cl.Cl. The molecule has 0 aromatic heterocycles. The van der Waals surface area contributed by atoms with Gasteiger partial charge in [-0.3, -0.25) is 9.69 Å². The topological polar surface area (TPSA) is 44.4 Å². The van der Waals surface area contributed by atoms with Crippen LogP contribution in [0.15, 0.2) is 30.3 Å². The molecule has 0 aliphatic carbocycles. The van der Waals surface area contributed by atoms with E-state index in [9.17, 15) is 4.79 Å². The van der Waals surface area contributed by atoms with E-state index in [0.717, 1.165) is 39.0 Å². The molecule has 0 atom stereocenters. The number of nitrogens with zero attached hydrogens (tertiary/aromatic N) is 1. The van der Waals surface area contributed by atoms with Gasteiger partial charge in [0.15, 0.2) is 0 Å². The van der Waals surface area contributed by atoms with E-state index in [1.807, 2.05) is 6.07 Å². The van der Waals surface area contributed by atoms with Crippen LogP contribution in [-0.2, 0) is 10.3 Å². The standard InChI is InChI=1S/C16H23N3O.2ClH/c1-13(20)18-16(14-5-3-2-4-6-14)7-9-19(10-8-16)15-11-17-12-15;;/h2-6,15,17H,7-12H2,1H3,(H,18,20);2*1H. The smallest absolute Gasteiger partial charge is 0.217 e. The Kier molecular flexibility index (Phi) is 7.13. The Balaban J connectivity index is 0.00000121. The molecule has 0 spiro atoms. The highest BCUT2D eigenvalue weighted by Crippen LogP contribution is 2.33. The van der Waals surface area contributed by atoms with E-state index < -0.39 is 0 Å². The first-order valence-electron chi connectivity index (χ1n) is 7.49. The highest BCUT2D eigenvalue weighted by Gasteiger charge is 2.39. The van der Waals surface area contributed by atoms with Crippen molar-refractivity contribution in [3.8, 4) is 0 Å². The van der Waals surface area contributed by atoms with Crippen LogP contribution in [0, 0.1) is 0 Å². The lowest BCUT2D eigenvalue weighted by Crippen LogP contribution is -2.62. The molecule has 2 heterocycles. The van der Waals surface area contributed by atoms with E-state index in [1.54, 1.807) is 6.92 Å². The number of nitrogens with one attached hydrogen (secondary N) is 2. The molecule has 6 heteroatoms. The Morgan fingerprint density at radius 3 is 2.23 bits per heavy atom. The zero-order valence-electron chi connectivity index (χ0n) is 12.9. The third-order valence-corrected chi connectivity index (χ3v) is 4.67. The first-order chi connectivity index (χ1) is 9.70. The number of piperidine rings is 1. The van der Waals surface area contributed by atoms with Gasteiger partial charge < -0.3 is 10.6 Å². The molecule has 0 radical (unpaired) electrons. The molecule has 4 nitrogen and oxygen atoms in total. The quantitative estimate of drug-likeness (QED) is 0.879. The van der Waals surface area contributed by atoms with E-state index in [2.05, 4.69) is 39.8 Å². The van der Waals surface area contributed by atoms with Crippen molar-refractivity contribution in [1.82, 2.24) is 15.5 Å². The lowest BCUT2D eigenvalue weighted by atomic mass is 9.80. The number of amides is 1. The molecule has 2 N–H and O–H groups in total. The normalized spacial score (nSPS) is 21.0. The number of hydrogen-bond donors (Lipinski definition) is 2. The highest BCUT2D eigenvalue weighted by atomic mass is 35.5.